The molecule has 0 aromatic carbocycles. The van der Waals surface area contributed by atoms with Gasteiger partial charge in [-0.2, -0.15) is 13.2 Å². The summed E-state index contributed by atoms with van der Waals surface area (Å²) in [5.74, 6) is -0.169. The molecule has 6 heteroatoms. The maximum absolute atomic E-state index is 13.2. The van der Waals surface area contributed by atoms with Gasteiger partial charge in [-0.3, -0.25) is 4.79 Å². The molecule has 0 radical (unpaired) electrons. The molecule has 1 atom stereocenters. The quantitative estimate of drug-likeness (QED) is 0.924. The summed E-state index contributed by atoms with van der Waals surface area (Å²) in [4.78, 5) is 11.1. The molecule has 0 amide bonds. The van der Waals surface area contributed by atoms with E-state index in [4.69, 9.17) is 0 Å². The monoisotopic (exact) mass is 290 g/mol. The molecule has 19 heavy (non-hydrogen) atoms. The van der Waals surface area contributed by atoms with Gasteiger partial charge in [-0.1, -0.05) is 11.6 Å². The molecule has 1 aliphatic rings. The predicted molar refractivity (Wildman–Crippen MR) is 65.8 cm³/mol. The van der Waals surface area contributed by atoms with Gasteiger partial charge in [-0.05, 0) is 30.4 Å². The minimum atomic E-state index is -4.76. The Morgan fingerprint density at radius 3 is 2.58 bits per heavy atom. The molecular weight excluding hydrogens is 277 g/mol. The van der Waals surface area contributed by atoms with Crippen LogP contribution in [0.25, 0.3) is 0 Å². The molecule has 1 aliphatic carbocycles. The summed E-state index contributed by atoms with van der Waals surface area (Å²) in [6.45, 7) is 0. The van der Waals surface area contributed by atoms with E-state index in [0.29, 0.717) is 24.8 Å². The van der Waals surface area contributed by atoms with Crippen LogP contribution in [0.5, 0.6) is 0 Å². The predicted octanol–water partition coefficient (Wildman–Crippen LogP) is 3.57. The Morgan fingerprint density at radius 2 is 2.05 bits per heavy atom. The van der Waals surface area contributed by atoms with Crippen LogP contribution in [0.3, 0.4) is 0 Å². The number of carbonyl (C=O) groups excluding carboxylic acids is 1. The second-order valence-corrected chi connectivity index (χ2v) is 5.58. The van der Waals surface area contributed by atoms with Crippen molar-refractivity contribution in [2.75, 3.05) is 0 Å². The van der Waals surface area contributed by atoms with E-state index in [-0.39, 0.29) is 10.7 Å². The molecule has 104 valence electrons. The van der Waals surface area contributed by atoms with Crippen LogP contribution in [0.15, 0.2) is 29.2 Å². The van der Waals surface area contributed by atoms with Gasteiger partial charge in [0, 0.05) is 17.7 Å². The Labute approximate surface area is 112 Å². The van der Waals surface area contributed by atoms with Crippen molar-refractivity contribution in [3.63, 3.8) is 0 Å². The van der Waals surface area contributed by atoms with Gasteiger partial charge in [0.1, 0.15) is 0 Å². The highest BCUT2D eigenvalue weighted by Gasteiger charge is 2.55. The summed E-state index contributed by atoms with van der Waals surface area (Å²) in [6, 6.07) is 2.74. The van der Waals surface area contributed by atoms with E-state index in [1.54, 1.807) is 0 Å². The lowest BCUT2D eigenvalue weighted by Gasteiger charge is -2.31. The summed E-state index contributed by atoms with van der Waals surface area (Å²) >= 11 is 0.864. The summed E-state index contributed by atoms with van der Waals surface area (Å²) in [6.07, 6.45) is -2.75. The molecule has 0 bridgehead atoms. The number of aliphatic hydroxyl groups is 1. The highest BCUT2D eigenvalue weighted by atomic mass is 32.1. The first-order chi connectivity index (χ1) is 8.83. The number of thiophene rings is 1. The summed E-state index contributed by atoms with van der Waals surface area (Å²) in [5.41, 5.74) is -2.53. The Hall–Kier alpha value is -1.14. The van der Waals surface area contributed by atoms with Crippen LogP contribution in [0.4, 0.5) is 13.2 Å². The fraction of sp³-hybridized carbons (Fsp3) is 0.462. The molecular formula is C13H13F3O2S. The van der Waals surface area contributed by atoms with E-state index in [1.165, 1.54) is 23.6 Å². The lowest BCUT2D eigenvalue weighted by atomic mass is 9.86. The van der Waals surface area contributed by atoms with Gasteiger partial charge in [-0.15, -0.1) is 11.3 Å². The number of allylic oxidation sites excluding steroid dienone is 1. The maximum Gasteiger partial charge on any atom is 0.422 e. The van der Waals surface area contributed by atoms with Gasteiger partial charge in [0.05, 0.1) is 0 Å². The highest BCUT2D eigenvalue weighted by Crippen LogP contribution is 2.45. The van der Waals surface area contributed by atoms with Crippen molar-refractivity contribution in [3.05, 3.63) is 34.0 Å². The van der Waals surface area contributed by atoms with Crippen molar-refractivity contribution in [1.29, 1.82) is 0 Å². The number of rotatable bonds is 3. The number of carbonyl (C=O) groups is 1. The Bertz CT molecular complexity index is 490. The van der Waals surface area contributed by atoms with Crippen LogP contribution in [0.2, 0.25) is 0 Å². The van der Waals surface area contributed by atoms with E-state index in [9.17, 15) is 23.1 Å². The molecule has 2 nitrogen and oxygen atoms in total. The van der Waals surface area contributed by atoms with Crippen molar-refractivity contribution in [1.82, 2.24) is 0 Å². The van der Waals surface area contributed by atoms with Crippen LogP contribution in [-0.2, 0) is 10.4 Å². The first kappa shape index (κ1) is 14.3. The van der Waals surface area contributed by atoms with Crippen LogP contribution >= 0.6 is 11.3 Å². The lowest BCUT2D eigenvalue weighted by Crippen LogP contribution is -2.42. The van der Waals surface area contributed by atoms with Crippen molar-refractivity contribution in [2.45, 2.75) is 37.5 Å². The lowest BCUT2D eigenvalue weighted by molar-refractivity contribution is -0.265. The summed E-state index contributed by atoms with van der Waals surface area (Å²) < 4.78 is 39.5. The van der Waals surface area contributed by atoms with E-state index < -0.39 is 18.2 Å². The molecule has 2 rings (SSSR count). The van der Waals surface area contributed by atoms with Gasteiger partial charge in [0.2, 0.25) is 0 Å². The zero-order chi connectivity index (χ0) is 14.1. The van der Waals surface area contributed by atoms with Crippen molar-refractivity contribution in [3.8, 4) is 0 Å². The van der Waals surface area contributed by atoms with Gasteiger partial charge in [-0.25, -0.2) is 0 Å². The minimum Gasteiger partial charge on any atom is -0.375 e. The third-order valence-corrected chi connectivity index (χ3v) is 4.19. The molecule has 0 aliphatic heterocycles. The average molecular weight is 290 g/mol. The van der Waals surface area contributed by atoms with Gasteiger partial charge in [0.15, 0.2) is 11.4 Å². The Kier molecular flexibility index (Phi) is 3.82. The third kappa shape index (κ3) is 2.90. The average Bonchev–Trinajstić information content (AvgIpc) is 2.80. The number of ketones is 1. The Balaban J connectivity index is 2.32. The van der Waals surface area contributed by atoms with Crippen LogP contribution in [-0.4, -0.2) is 17.1 Å². The second kappa shape index (κ2) is 5.09. The number of hydrogen-bond donors (Lipinski definition) is 1. The molecule has 1 heterocycles. The smallest absolute Gasteiger partial charge is 0.375 e. The molecule has 0 saturated carbocycles. The van der Waals surface area contributed by atoms with Crippen molar-refractivity contribution in [2.24, 2.45) is 0 Å². The summed E-state index contributed by atoms with van der Waals surface area (Å²) in [5, 5.41) is 11.6. The van der Waals surface area contributed by atoms with Crippen molar-refractivity contribution < 1.29 is 23.1 Å². The van der Waals surface area contributed by atoms with E-state index in [2.05, 4.69) is 0 Å². The standard InChI is InChI=1S/C13H13F3O2S/c14-13(15,16)12(18,11-5-2-6-19-11)8-9-3-1-4-10(17)7-9/h2,5-7,18H,1,3-4,8H2/t12-/m1/s1. The molecule has 1 aromatic heterocycles. The summed E-state index contributed by atoms with van der Waals surface area (Å²) in [7, 11) is 0. The topological polar surface area (TPSA) is 37.3 Å². The maximum atomic E-state index is 13.2. The number of alkyl halides is 3. The molecule has 1 N–H and O–H groups in total. The van der Waals surface area contributed by atoms with Crippen LogP contribution in [0.1, 0.15) is 30.6 Å². The first-order valence-corrected chi connectivity index (χ1v) is 6.76. The number of hydrogen-bond acceptors (Lipinski definition) is 3. The van der Waals surface area contributed by atoms with Gasteiger partial charge >= 0.3 is 6.18 Å². The SMILES string of the molecule is O=C1C=C(C[C@@](O)(c2cccs2)C(F)(F)F)CCC1. The second-order valence-electron chi connectivity index (χ2n) is 4.63. The fourth-order valence-electron chi connectivity index (χ4n) is 2.17. The molecule has 1 aromatic rings. The molecule has 0 fully saturated rings. The first-order valence-electron chi connectivity index (χ1n) is 5.88. The van der Waals surface area contributed by atoms with E-state index >= 15 is 0 Å². The zero-order valence-electron chi connectivity index (χ0n) is 10.0. The van der Waals surface area contributed by atoms with E-state index in [0.717, 1.165) is 11.3 Å². The largest absolute Gasteiger partial charge is 0.422 e. The normalized spacial score (nSPS) is 20.0. The molecule has 0 saturated heterocycles. The number of halogens is 3. The van der Waals surface area contributed by atoms with Crippen molar-refractivity contribution >= 4 is 17.1 Å². The molecule has 0 spiro atoms. The molecule has 0 unspecified atom stereocenters. The third-order valence-electron chi connectivity index (χ3n) is 3.17. The Morgan fingerprint density at radius 1 is 1.32 bits per heavy atom. The highest BCUT2D eigenvalue weighted by molar-refractivity contribution is 7.10. The van der Waals surface area contributed by atoms with Crippen LogP contribution in [0, 0.1) is 0 Å². The van der Waals surface area contributed by atoms with Crippen LogP contribution < -0.4 is 0 Å². The minimum absolute atomic E-state index is 0.140. The fourth-order valence-corrected chi connectivity index (χ4v) is 3.01. The zero-order valence-corrected chi connectivity index (χ0v) is 10.9. The van der Waals surface area contributed by atoms with Gasteiger partial charge < -0.3 is 5.11 Å². The van der Waals surface area contributed by atoms with Gasteiger partial charge in [0.25, 0.3) is 0 Å². The van der Waals surface area contributed by atoms with E-state index in [1.807, 2.05) is 0 Å².